The summed E-state index contributed by atoms with van der Waals surface area (Å²) in [4.78, 5) is 25.7. The molecular weight excluding hydrogens is 300 g/mol. The fourth-order valence-electron chi connectivity index (χ4n) is 2.12. The van der Waals surface area contributed by atoms with Crippen LogP contribution in [-0.2, 0) is 9.53 Å². The summed E-state index contributed by atoms with van der Waals surface area (Å²) < 4.78 is 10.2. The van der Waals surface area contributed by atoms with Gasteiger partial charge in [0.05, 0.1) is 25.9 Å². The van der Waals surface area contributed by atoms with Gasteiger partial charge in [-0.2, -0.15) is 5.10 Å². The molecular formula is C15H22N4O4. The SMILES string of the molecule is CC(CC(=O)NCCN1CCOCC1)=NNC(=O)c1ccco1. The number of furan rings is 1. The Kier molecular flexibility index (Phi) is 6.76. The van der Waals surface area contributed by atoms with Crippen molar-refractivity contribution >= 4 is 17.5 Å². The molecule has 0 radical (unpaired) electrons. The van der Waals surface area contributed by atoms with Crippen molar-refractivity contribution in [3.63, 3.8) is 0 Å². The first kappa shape index (κ1) is 17.2. The molecule has 8 nitrogen and oxygen atoms in total. The van der Waals surface area contributed by atoms with Crippen LogP contribution < -0.4 is 10.7 Å². The lowest BCUT2D eigenvalue weighted by molar-refractivity contribution is -0.120. The summed E-state index contributed by atoms with van der Waals surface area (Å²) >= 11 is 0. The fourth-order valence-corrected chi connectivity index (χ4v) is 2.12. The second-order valence-electron chi connectivity index (χ2n) is 5.25. The van der Waals surface area contributed by atoms with Crippen LogP contribution in [-0.4, -0.2) is 61.8 Å². The van der Waals surface area contributed by atoms with Gasteiger partial charge in [-0.3, -0.25) is 14.5 Å². The smallest absolute Gasteiger partial charge is 0.307 e. The Morgan fingerprint density at radius 2 is 2.13 bits per heavy atom. The maximum atomic E-state index is 11.8. The molecule has 1 aliphatic heterocycles. The normalized spacial score (nSPS) is 16.1. The van der Waals surface area contributed by atoms with Gasteiger partial charge in [-0.05, 0) is 19.1 Å². The number of carbonyl (C=O) groups is 2. The van der Waals surface area contributed by atoms with Crippen molar-refractivity contribution in [3.8, 4) is 0 Å². The molecule has 0 spiro atoms. The highest BCUT2D eigenvalue weighted by molar-refractivity contribution is 6.00. The summed E-state index contributed by atoms with van der Waals surface area (Å²) in [6.07, 6.45) is 1.55. The lowest BCUT2D eigenvalue weighted by Crippen LogP contribution is -2.41. The average Bonchev–Trinajstić information content (AvgIpc) is 3.08. The van der Waals surface area contributed by atoms with E-state index in [9.17, 15) is 9.59 Å². The van der Waals surface area contributed by atoms with Gasteiger partial charge in [0, 0.05) is 31.9 Å². The molecule has 2 rings (SSSR count). The Balaban J connectivity index is 1.63. The third-order valence-corrected chi connectivity index (χ3v) is 3.36. The van der Waals surface area contributed by atoms with Crippen LogP contribution in [0, 0.1) is 0 Å². The fraction of sp³-hybridized carbons (Fsp3) is 0.533. The number of hydrogen-bond donors (Lipinski definition) is 2. The van der Waals surface area contributed by atoms with Crippen molar-refractivity contribution in [2.75, 3.05) is 39.4 Å². The van der Waals surface area contributed by atoms with Gasteiger partial charge in [0.1, 0.15) is 0 Å². The number of nitrogens with one attached hydrogen (secondary N) is 2. The molecule has 0 aromatic carbocycles. The van der Waals surface area contributed by atoms with Crippen LogP contribution in [0.15, 0.2) is 27.9 Å². The Labute approximate surface area is 134 Å². The van der Waals surface area contributed by atoms with E-state index in [1.807, 2.05) is 0 Å². The first-order valence-corrected chi connectivity index (χ1v) is 7.59. The van der Waals surface area contributed by atoms with Crippen LogP contribution in [0.2, 0.25) is 0 Å². The van der Waals surface area contributed by atoms with Crippen LogP contribution in [0.4, 0.5) is 0 Å². The van der Waals surface area contributed by atoms with Crippen LogP contribution >= 0.6 is 0 Å². The Morgan fingerprint density at radius 3 is 2.83 bits per heavy atom. The molecule has 8 heteroatoms. The number of carbonyl (C=O) groups excluding carboxylic acids is 2. The van der Waals surface area contributed by atoms with Gasteiger partial charge in [0.2, 0.25) is 5.91 Å². The van der Waals surface area contributed by atoms with Crippen molar-refractivity contribution in [2.45, 2.75) is 13.3 Å². The third-order valence-electron chi connectivity index (χ3n) is 3.36. The van der Waals surface area contributed by atoms with Crippen LogP contribution in [0.1, 0.15) is 23.9 Å². The number of hydrogen-bond acceptors (Lipinski definition) is 6. The van der Waals surface area contributed by atoms with E-state index >= 15 is 0 Å². The number of nitrogens with zero attached hydrogens (tertiary/aromatic N) is 2. The molecule has 126 valence electrons. The largest absolute Gasteiger partial charge is 0.459 e. The Morgan fingerprint density at radius 1 is 1.35 bits per heavy atom. The zero-order valence-corrected chi connectivity index (χ0v) is 13.2. The molecule has 1 saturated heterocycles. The summed E-state index contributed by atoms with van der Waals surface area (Å²) in [7, 11) is 0. The van der Waals surface area contributed by atoms with E-state index in [1.165, 1.54) is 6.26 Å². The van der Waals surface area contributed by atoms with Gasteiger partial charge in [0.15, 0.2) is 5.76 Å². The molecule has 1 aliphatic rings. The average molecular weight is 322 g/mol. The van der Waals surface area contributed by atoms with Crippen molar-refractivity contribution in [1.82, 2.24) is 15.6 Å². The number of amides is 2. The van der Waals surface area contributed by atoms with Gasteiger partial charge in [-0.15, -0.1) is 0 Å². The zero-order chi connectivity index (χ0) is 16.5. The molecule has 0 atom stereocenters. The molecule has 23 heavy (non-hydrogen) atoms. The highest BCUT2D eigenvalue weighted by Crippen LogP contribution is 1.99. The quantitative estimate of drug-likeness (QED) is 0.553. The molecule has 0 saturated carbocycles. The molecule has 1 fully saturated rings. The van der Waals surface area contributed by atoms with E-state index in [0.29, 0.717) is 12.3 Å². The van der Waals surface area contributed by atoms with Gasteiger partial charge in [-0.25, -0.2) is 5.43 Å². The van der Waals surface area contributed by atoms with E-state index in [0.717, 1.165) is 32.8 Å². The molecule has 0 aliphatic carbocycles. The maximum absolute atomic E-state index is 11.8. The standard InChI is InChI=1S/C15H22N4O4/c1-12(17-18-15(21)13-3-2-8-23-13)11-14(20)16-4-5-19-6-9-22-10-7-19/h2-3,8H,4-7,9-11H2,1H3,(H,16,20)(H,18,21). The molecule has 2 heterocycles. The summed E-state index contributed by atoms with van der Waals surface area (Å²) in [5.41, 5.74) is 2.87. The summed E-state index contributed by atoms with van der Waals surface area (Å²) in [5, 5.41) is 6.73. The Bertz CT molecular complexity index is 536. The van der Waals surface area contributed by atoms with Gasteiger partial charge in [-0.1, -0.05) is 0 Å². The first-order valence-electron chi connectivity index (χ1n) is 7.59. The van der Waals surface area contributed by atoms with Crippen molar-refractivity contribution in [3.05, 3.63) is 24.2 Å². The monoisotopic (exact) mass is 322 g/mol. The second-order valence-corrected chi connectivity index (χ2v) is 5.25. The minimum atomic E-state index is -0.443. The minimum Gasteiger partial charge on any atom is -0.459 e. The summed E-state index contributed by atoms with van der Waals surface area (Å²) in [6, 6.07) is 3.16. The first-order chi connectivity index (χ1) is 11.1. The number of rotatable bonds is 7. The second kappa shape index (κ2) is 9.06. The predicted molar refractivity (Wildman–Crippen MR) is 84.2 cm³/mol. The topological polar surface area (TPSA) is 96.2 Å². The third kappa shape index (κ3) is 6.21. The highest BCUT2D eigenvalue weighted by atomic mass is 16.5. The van der Waals surface area contributed by atoms with Crippen LogP contribution in [0.25, 0.3) is 0 Å². The van der Waals surface area contributed by atoms with E-state index in [2.05, 4.69) is 20.7 Å². The molecule has 0 bridgehead atoms. The molecule has 1 aromatic rings. The number of ether oxygens (including phenoxy) is 1. The van der Waals surface area contributed by atoms with Crippen LogP contribution in [0.5, 0.6) is 0 Å². The van der Waals surface area contributed by atoms with Crippen LogP contribution in [0.3, 0.4) is 0 Å². The van der Waals surface area contributed by atoms with E-state index in [-0.39, 0.29) is 18.1 Å². The lowest BCUT2D eigenvalue weighted by atomic mass is 10.3. The van der Waals surface area contributed by atoms with Crippen molar-refractivity contribution < 1.29 is 18.7 Å². The predicted octanol–water partition coefficient (Wildman–Crippen LogP) is 0.224. The van der Waals surface area contributed by atoms with Gasteiger partial charge >= 0.3 is 5.91 Å². The van der Waals surface area contributed by atoms with Crippen molar-refractivity contribution in [1.29, 1.82) is 0 Å². The molecule has 2 N–H and O–H groups in total. The van der Waals surface area contributed by atoms with E-state index in [4.69, 9.17) is 9.15 Å². The number of hydrazone groups is 1. The molecule has 1 aromatic heterocycles. The van der Waals surface area contributed by atoms with E-state index in [1.54, 1.807) is 19.1 Å². The number of morpholine rings is 1. The minimum absolute atomic E-state index is 0.119. The Hall–Kier alpha value is -2.19. The summed E-state index contributed by atoms with van der Waals surface area (Å²) in [5.74, 6) is -0.384. The molecule has 2 amide bonds. The van der Waals surface area contributed by atoms with E-state index < -0.39 is 5.91 Å². The van der Waals surface area contributed by atoms with Gasteiger partial charge < -0.3 is 14.5 Å². The van der Waals surface area contributed by atoms with Gasteiger partial charge in [0.25, 0.3) is 0 Å². The lowest BCUT2D eigenvalue weighted by Gasteiger charge is -2.26. The maximum Gasteiger partial charge on any atom is 0.307 e. The highest BCUT2D eigenvalue weighted by Gasteiger charge is 2.11. The summed E-state index contributed by atoms with van der Waals surface area (Å²) in [6.45, 7) is 6.36. The zero-order valence-electron chi connectivity index (χ0n) is 13.2. The molecule has 0 unspecified atom stereocenters. The van der Waals surface area contributed by atoms with Crippen molar-refractivity contribution in [2.24, 2.45) is 5.10 Å².